The minimum Gasteiger partial charge on any atom is -0.466 e. The number of amidine groups is 1. The van der Waals surface area contributed by atoms with E-state index < -0.39 is 17.9 Å². The fourth-order valence-corrected chi connectivity index (χ4v) is 3.99. The van der Waals surface area contributed by atoms with Crippen LogP contribution >= 0.6 is 11.8 Å². The zero-order chi connectivity index (χ0) is 21.4. The van der Waals surface area contributed by atoms with Gasteiger partial charge in [-0.3, -0.25) is 4.99 Å². The second-order valence-corrected chi connectivity index (χ2v) is 7.14. The van der Waals surface area contributed by atoms with Gasteiger partial charge in [0.25, 0.3) is 0 Å². The quantitative estimate of drug-likeness (QED) is 0.418. The standard InChI is InChI=1S/C21H27N3O4S/c1-6-28-20(26)18-15(12-29-21(22-3)23-4)24-13(2)16(19(25)27-5)17(18)14-10-8-7-9-11-14/h7-11,17,24H,6,12H2,1-5H3,(H,22,23). The molecule has 0 radical (unpaired) electrons. The van der Waals surface area contributed by atoms with Crippen molar-refractivity contribution in [3.63, 3.8) is 0 Å². The van der Waals surface area contributed by atoms with Crippen molar-refractivity contribution in [3.05, 3.63) is 58.4 Å². The molecule has 0 bridgehead atoms. The Kier molecular flexibility index (Phi) is 8.33. The van der Waals surface area contributed by atoms with Gasteiger partial charge in [0, 0.05) is 31.2 Å². The van der Waals surface area contributed by atoms with Gasteiger partial charge in [0.2, 0.25) is 0 Å². The van der Waals surface area contributed by atoms with Crippen molar-refractivity contribution in [2.45, 2.75) is 19.8 Å². The number of methoxy groups -OCH3 is 1. The highest BCUT2D eigenvalue weighted by Gasteiger charge is 2.38. The predicted octanol–water partition coefficient (Wildman–Crippen LogP) is 2.58. The number of dihydropyridines is 1. The normalized spacial score (nSPS) is 17.0. The number of nitrogens with one attached hydrogen (secondary N) is 2. The van der Waals surface area contributed by atoms with Crippen LogP contribution in [0.4, 0.5) is 0 Å². The number of aliphatic imine (C=N–C) groups is 1. The molecule has 1 unspecified atom stereocenters. The van der Waals surface area contributed by atoms with Gasteiger partial charge in [-0.15, -0.1) is 0 Å². The van der Waals surface area contributed by atoms with Crippen molar-refractivity contribution in [1.29, 1.82) is 0 Å². The summed E-state index contributed by atoms with van der Waals surface area (Å²) >= 11 is 1.45. The molecule has 7 nitrogen and oxygen atoms in total. The molecule has 0 aliphatic carbocycles. The number of benzene rings is 1. The molecule has 1 aromatic rings. The Morgan fingerprint density at radius 1 is 1.21 bits per heavy atom. The number of rotatable bonds is 6. The van der Waals surface area contributed by atoms with Crippen molar-refractivity contribution < 1.29 is 19.1 Å². The van der Waals surface area contributed by atoms with Crippen LogP contribution in [0.1, 0.15) is 25.3 Å². The number of hydrogen-bond donors (Lipinski definition) is 2. The molecule has 156 valence electrons. The van der Waals surface area contributed by atoms with Crippen LogP contribution in [-0.4, -0.2) is 50.7 Å². The monoisotopic (exact) mass is 417 g/mol. The van der Waals surface area contributed by atoms with Gasteiger partial charge in [0.15, 0.2) is 5.17 Å². The van der Waals surface area contributed by atoms with Crippen LogP contribution in [0.2, 0.25) is 0 Å². The molecule has 0 saturated carbocycles. The topological polar surface area (TPSA) is 89.0 Å². The van der Waals surface area contributed by atoms with Gasteiger partial charge < -0.3 is 20.1 Å². The van der Waals surface area contributed by atoms with E-state index in [0.29, 0.717) is 28.3 Å². The van der Waals surface area contributed by atoms with E-state index in [2.05, 4.69) is 15.6 Å². The maximum atomic E-state index is 13.0. The maximum Gasteiger partial charge on any atom is 0.336 e. The molecule has 8 heteroatoms. The van der Waals surface area contributed by atoms with Crippen molar-refractivity contribution in [1.82, 2.24) is 10.6 Å². The largest absolute Gasteiger partial charge is 0.466 e. The van der Waals surface area contributed by atoms with Crippen molar-refractivity contribution in [2.24, 2.45) is 4.99 Å². The predicted molar refractivity (Wildman–Crippen MR) is 116 cm³/mol. The Morgan fingerprint density at radius 2 is 1.90 bits per heavy atom. The zero-order valence-corrected chi connectivity index (χ0v) is 18.2. The molecule has 1 atom stereocenters. The van der Waals surface area contributed by atoms with Gasteiger partial charge in [0.1, 0.15) is 0 Å². The van der Waals surface area contributed by atoms with E-state index in [1.807, 2.05) is 37.3 Å². The molecule has 1 heterocycles. The minimum atomic E-state index is -0.587. The zero-order valence-electron chi connectivity index (χ0n) is 17.4. The smallest absolute Gasteiger partial charge is 0.336 e. The molecule has 1 aliphatic heterocycles. The Bertz CT molecular complexity index is 847. The number of thioether (sulfide) groups is 1. The van der Waals surface area contributed by atoms with Crippen LogP contribution in [0.25, 0.3) is 0 Å². The summed E-state index contributed by atoms with van der Waals surface area (Å²) in [5.74, 6) is -1.08. The Morgan fingerprint density at radius 3 is 2.45 bits per heavy atom. The first-order valence-electron chi connectivity index (χ1n) is 9.26. The average Bonchev–Trinajstić information content (AvgIpc) is 2.74. The minimum absolute atomic E-state index is 0.235. The van der Waals surface area contributed by atoms with E-state index in [9.17, 15) is 9.59 Å². The Hall–Kier alpha value is -2.74. The number of hydrogen-bond acceptors (Lipinski definition) is 7. The second kappa shape index (κ2) is 10.7. The molecule has 0 saturated heterocycles. The summed E-state index contributed by atoms with van der Waals surface area (Å²) in [7, 11) is 4.82. The number of carbonyl (C=O) groups is 2. The number of nitrogens with zero attached hydrogens (tertiary/aromatic N) is 1. The van der Waals surface area contributed by atoms with E-state index in [0.717, 1.165) is 10.7 Å². The Balaban J connectivity index is 2.63. The number of ether oxygens (including phenoxy) is 2. The van der Waals surface area contributed by atoms with Crippen LogP contribution in [-0.2, 0) is 19.1 Å². The number of allylic oxidation sites excluding steroid dienone is 1. The van der Waals surface area contributed by atoms with Gasteiger partial charge in [0.05, 0.1) is 30.8 Å². The second-order valence-electron chi connectivity index (χ2n) is 6.18. The summed E-state index contributed by atoms with van der Waals surface area (Å²) in [5.41, 5.74) is 2.95. The fourth-order valence-electron chi connectivity index (χ4n) is 3.21. The number of esters is 2. The lowest BCUT2D eigenvalue weighted by molar-refractivity contribution is -0.139. The lowest BCUT2D eigenvalue weighted by Gasteiger charge is -2.31. The maximum absolute atomic E-state index is 13.0. The lowest BCUT2D eigenvalue weighted by Crippen LogP contribution is -2.34. The SMILES string of the molecule is CCOC(=O)C1=C(CS/C(=N/C)NC)NC(C)=C(C(=O)OC)C1c1ccccc1. The third-order valence-corrected chi connectivity index (χ3v) is 5.54. The van der Waals surface area contributed by atoms with Gasteiger partial charge in [-0.1, -0.05) is 42.1 Å². The summed E-state index contributed by atoms with van der Waals surface area (Å²) in [6.45, 7) is 3.80. The summed E-state index contributed by atoms with van der Waals surface area (Å²) in [6.07, 6.45) is 0. The van der Waals surface area contributed by atoms with Crippen LogP contribution in [0, 0.1) is 0 Å². The highest BCUT2D eigenvalue weighted by Crippen LogP contribution is 2.39. The summed E-state index contributed by atoms with van der Waals surface area (Å²) in [4.78, 5) is 29.8. The first kappa shape index (κ1) is 22.5. The molecular weight excluding hydrogens is 390 g/mol. The van der Waals surface area contributed by atoms with Gasteiger partial charge >= 0.3 is 11.9 Å². The van der Waals surface area contributed by atoms with Crippen LogP contribution < -0.4 is 10.6 Å². The molecule has 0 fully saturated rings. The van der Waals surface area contributed by atoms with Crippen LogP contribution in [0.5, 0.6) is 0 Å². The van der Waals surface area contributed by atoms with E-state index in [1.165, 1.54) is 18.9 Å². The lowest BCUT2D eigenvalue weighted by atomic mass is 9.80. The van der Waals surface area contributed by atoms with Crippen molar-refractivity contribution >= 4 is 28.9 Å². The first-order valence-corrected chi connectivity index (χ1v) is 10.3. The molecule has 2 N–H and O–H groups in total. The van der Waals surface area contributed by atoms with E-state index in [1.54, 1.807) is 21.0 Å². The molecular formula is C21H27N3O4S. The van der Waals surface area contributed by atoms with E-state index in [-0.39, 0.29) is 6.61 Å². The molecule has 2 rings (SSSR count). The molecule has 29 heavy (non-hydrogen) atoms. The summed E-state index contributed by atoms with van der Waals surface area (Å²) in [5, 5.41) is 6.97. The molecule has 0 aromatic heterocycles. The summed E-state index contributed by atoms with van der Waals surface area (Å²) in [6, 6.07) is 9.43. The Labute approximate surface area is 175 Å². The molecule has 0 spiro atoms. The van der Waals surface area contributed by atoms with Crippen molar-refractivity contribution in [2.75, 3.05) is 33.6 Å². The van der Waals surface area contributed by atoms with Crippen molar-refractivity contribution in [3.8, 4) is 0 Å². The highest BCUT2D eigenvalue weighted by molar-refractivity contribution is 8.13. The molecule has 0 amide bonds. The van der Waals surface area contributed by atoms with Gasteiger partial charge in [-0.25, -0.2) is 9.59 Å². The number of carbonyl (C=O) groups excluding carboxylic acids is 2. The highest BCUT2D eigenvalue weighted by atomic mass is 32.2. The molecule has 1 aliphatic rings. The third kappa shape index (κ3) is 5.20. The third-order valence-electron chi connectivity index (χ3n) is 4.45. The first-order chi connectivity index (χ1) is 14.0. The van der Waals surface area contributed by atoms with E-state index >= 15 is 0 Å². The van der Waals surface area contributed by atoms with Gasteiger partial charge in [-0.2, -0.15) is 0 Å². The molecule has 1 aromatic carbocycles. The van der Waals surface area contributed by atoms with Crippen LogP contribution in [0.3, 0.4) is 0 Å². The van der Waals surface area contributed by atoms with Gasteiger partial charge in [-0.05, 0) is 19.4 Å². The van der Waals surface area contributed by atoms with E-state index in [4.69, 9.17) is 9.47 Å². The summed E-state index contributed by atoms with van der Waals surface area (Å²) < 4.78 is 10.4. The average molecular weight is 418 g/mol. The van der Waals surface area contributed by atoms with Crippen LogP contribution in [0.15, 0.2) is 57.9 Å². The fraction of sp³-hybridized carbons (Fsp3) is 0.381.